The standard InChI is InChI=1S/C20H26N4O3/c21-9-14-2-1-7-23(11-14)10-13-3-4-16-15(8-13)12-24(20(16)27)17-5-6-18(25)22-19(17)26/h3-4,8,14,17H,1-2,5-7,9-12,21H2,(H,22,25,26). The van der Waals surface area contributed by atoms with Crippen molar-refractivity contribution >= 4 is 17.7 Å². The van der Waals surface area contributed by atoms with Gasteiger partial charge in [-0.1, -0.05) is 12.1 Å². The van der Waals surface area contributed by atoms with Crippen molar-refractivity contribution < 1.29 is 14.4 Å². The van der Waals surface area contributed by atoms with Crippen molar-refractivity contribution in [2.75, 3.05) is 19.6 Å². The summed E-state index contributed by atoms with van der Waals surface area (Å²) in [5.41, 5.74) is 8.65. The third kappa shape index (κ3) is 3.61. The first-order chi connectivity index (χ1) is 13.0. The van der Waals surface area contributed by atoms with Gasteiger partial charge >= 0.3 is 0 Å². The number of likely N-dealkylation sites (tertiary alicyclic amines) is 1. The molecule has 0 radical (unpaired) electrons. The molecule has 3 aliphatic heterocycles. The number of benzene rings is 1. The van der Waals surface area contributed by atoms with Crippen molar-refractivity contribution in [2.24, 2.45) is 11.7 Å². The zero-order valence-corrected chi connectivity index (χ0v) is 15.4. The van der Waals surface area contributed by atoms with Crippen LogP contribution in [0.2, 0.25) is 0 Å². The van der Waals surface area contributed by atoms with Gasteiger partial charge in [-0.05, 0) is 55.5 Å². The van der Waals surface area contributed by atoms with E-state index in [-0.39, 0.29) is 24.1 Å². The maximum absolute atomic E-state index is 12.7. The predicted octanol–water partition coefficient (Wildman–Crippen LogP) is 0.618. The van der Waals surface area contributed by atoms with E-state index in [9.17, 15) is 14.4 Å². The Balaban J connectivity index is 1.46. The molecule has 0 spiro atoms. The van der Waals surface area contributed by atoms with E-state index in [2.05, 4.69) is 16.3 Å². The molecule has 144 valence electrons. The van der Waals surface area contributed by atoms with E-state index in [1.807, 2.05) is 12.1 Å². The highest BCUT2D eigenvalue weighted by atomic mass is 16.2. The van der Waals surface area contributed by atoms with Gasteiger partial charge in [-0.3, -0.25) is 24.6 Å². The minimum Gasteiger partial charge on any atom is -0.330 e. The Bertz CT molecular complexity index is 778. The molecule has 0 saturated carbocycles. The Labute approximate surface area is 158 Å². The molecule has 3 N–H and O–H groups in total. The minimum absolute atomic E-state index is 0.118. The van der Waals surface area contributed by atoms with Crippen molar-refractivity contribution in [1.29, 1.82) is 0 Å². The van der Waals surface area contributed by atoms with Gasteiger partial charge < -0.3 is 10.6 Å². The summed E-state index contributed by atoms with van der Waals surface area (Å²) in [7, 11) is 0. The Morgan fingerprint density at radius 2 is 2.04 bits per heavy atom. The van der Waals surface area contributed by atoms with Gasteiger partial charge in [0.15, 0.2) is 0 Å². The fourth-order valence-electron chi connectivity index (χ4n) is 4.47. The average Bonchev–Trinajstić information content (AvgIpc) is 2.98. The first-order valence-electron chi connectivity index (χ1n) is 9.74. The summed E-state index contributed by atoms with van der Waals surface area (Å²) in [5, 5.41) is 2.34. The van der Waals surface area contributed by atoms with Gasteiger partial charge in [0.2, 0.25) is 11.8 Å². The molecule has 3 aliphatic rings. The van der Waals surface area contributed by atoms with Crippen LogP contribution >= 0.6 is 0 Å². The van der Waals surface area contributed by atoms with Crippen LogP contribution in [-0.2, 0) is 22.7 Å². The van der Waals surface area contributed by atoms with E-state index in [4.69, 9.17) is 5.73 Å². The van der Waals surface area contributed by atoms with Crippen molar-refractivity contribution in [1.82, 2.24) is 15.1 Å². The first-order valence-corrected chi connectivity index (χ1v) is 9.74. The van der Waals surface area contributed by atoms with Crippen LogP contribution in [0.5, 0.6) is 0 Å². The Kier molecular flexibility index (Phi) is 4.97. The molecule has 2 unspecified atom stereocenters. The molecule has 4 rings (SSSR count). The van der Waals surface area contributed by atoms with E-state index < -0.39 is 6.04 Å². The second-order valence-electron chi connectivity index (χ2n) is 7.87. The molecule has 27 heavy (non-hydrogen) atoms. The fraction of sp³-hybridized carbons (Fsp3) is 0.550. The number of carbonyl (C=O) groups excluding carboxylic acids is 3. The lowest BCUT2D eigenvalue weighted by molar-refractivity contribution is -0.136. The number of nitrogens with one attached hydrogen (secondary N) is 1. The average molecular weight is 370 g/mol. The van der Waals surface area contributed by atoms with E-state index in [0.29, 0.717) is 24.4 Å². The van der Waals surface area contributed by atoms with E-state index in [1.54, 1.807) is 4.90 Å². The number of piperidine rings is 2. The molecule has 2 atom stereocenters. The summed E-state index contributed by atoms with van der Waals surface area (Å²) in [6.07, 6.45) is 3.05. The predicted molar refractivity (Wildman–Crippen MR) is 99.5 cm³/mol. The van der Waals surface area contributed by atoms with Crippen LogP contribution in [0.3, 0.4) is 0 Å². The van der Waals surface area contributed by atoms with Gasteiger partial charge in [0.05, 0.1) is 0 Å². The molecule has 0 bridgehead atoms. The summed E-state index contributed by atoms with van der Waals surface area (Å²) in [6, 6.07) is 5.42. The number of hydrogen-bond donors (Lipinski definition) is 2. The molecule has 7 heteroatoms. The van der Waals surface area contributed by atoms with E-state index >= 15 is 0 Å². The summed E-state index contributed by atoms with van der Waals surface area (Å²) in [6.45, 7) is 4.12. The van der Waals surface area contributed by atoms with Crippen molar-refractivity contribution in [3.05, 3.63) is 34.9 Å². The quantitative estimate of drug-likeness (QED) is 0.758. The molecule has 1 aromatic carbocycles. The molecular formula is C20H26N4O3. The highest BCUT2D eigenvalue weighted by Crippen LogP contribution is 2.29. The second kappa shape index (κ2) is 7.40. The Morgan fingerprint density at radius 3 is 2.81 bits per heavy atom. The molecule has 3 heterocycles. The highest BCUT2D eigenvalue weighted by Gasteiger charge is 2.39. The monoisotopic (exact) mass is 370 g/mol. The lowest BCUT2D eigenvalue weighted by atomic mass is 9.97. The number of rotatable bonds is 4. The molecule has 1 aromatic rings. The number of nitrogens with zero attached hydrogens (tertiary/aromatic N) is 2. The topological polar surface area (TPSA) is 95.7 Å². The lowest BCUT2D eigenvalue weighted by Crippen LogP contribution is -2.52. The minimum atomic E-state index is -0.557. The molecule has 3 amide bonds. The molecule has 0 aliphatic carbocycles. The van der Waals surface area contributed by atoms with Crippen molar-refractivity contribution in [3.8, 4) is 0 Å². The number of fused-ring (bicyclic) bond motifs is 1. The Morgan fingerprint density at radius 1 is 1.19 bits per heavy atom. The van der Waals surface area contributed by atoms with Gasteiger partial charge in [0, 0.05) is 31.6 Å². The molecular weight excluding hydrogens is 344 g/mol. The van der Waals surface area contributed by atoms with Crippen LogP contribution in [0.4, 0.5) is 0 Å². The van der Waals surface area contributed by atoms with Gasteiger partial charge in [-0.15, -0.1) is 0 Å². The van der Waals surface area contributed by atoms with Crippen molar-refractivity contribution in [2.45, 2.75) is 44.8 Å². The van der Waals surface area contributed by atoms with Gasteiger partial charge in [-0.2, -0.15) is 0 Å². The smallest absolute Gasteiger partial charge is 0.255 e. The highest BCUT2D eigenvalue weighted by molar-refractivity contribution is 6.05. The lowest BCUT2D eigenvalue weighted by Gasteiger charge is -2.32. The summed E-state index contributed by atoms with van der Waals surface area (Å²) in [5.74, 6) is -0.182. The van der Waals surface area contributed by atoms with Crippen molar-refractivity contribution in [3.63, 3.8) is 0 Å². The fourth-order valence-corrected chi connectivity index (χ4v) is 4.47. The van der Waals surface area contributed by atoms with Crippen LogP contribution in [0, 0.1) is 5.92 Å². The van der Waals surface area contributed by atoms with Gasteiger partial charge in [0.1, 0.15) is 6.04 Å². The molecule has 2 saturated heterocycles. The Hall–Kier alpha value is -2.25. The molecule has 0 aromatic heterocycles. The zero-order valence-electron chi connectivity index (χ0n) is 15.4. The SMILES string of the molecule is NCC1CCCN(Cc2ccc3c(c2)CN(C2CCC(=O)NC2=O)C3=O)C1. The third-order valence-electron chi connectivity index (χ3n) is 5.93. The first kappa shape index (κ1) is 18.1. The number of imide groups is 1. The van der Waals surface area contributed by atoms with Crippen LogP contribution < -0.4 is 11.1 Å². The largest absolute Gasteiger partial charge is 0.330 e. The van der Waals surface area contributed by atoms with E-state index in [1.165, 1.54) is 18.4 Å². The summed E-state index contributed by atoms with van der Waals surface area (Å²) in [4.78, 5) is 40.3. The molecule has 2 fully saturated rings. The second-order valence-corrected chi connectivity index (χ2v) is 7.87. The maximum Gasteiger partial charge on any atom is 0.255 e. The number of carbonyl (C=O) groups is 3. The van der Waals surface area contributed by atoms with Crippen LogP contribution in [0.15, 0.2) is 18.2 Å². The number of amides is 3. The van der Waals surface area contributed by atoms with Crippen LogP contribution in [0.1, 0.15) is 47.2 Å². The number of nitrogens with two attached hydrogens (primary N) is 1. The third-order valence-corrected chi connectivity index (χ3v) is 5.93. The van der Waals surface area contributed by atoms with Crippen LogP contribution in [-0.4, -0.2) is 53.2 Å². The number of hydrogen-bond acceptors (Lipinski definition) is 5. The summed E-state index contributed by atoms with van der Waals surface area (Å²) < 4.78 is 0. The van der Waals surface area contributed by atoms with E-state index in [0.717, 1.165) is 31.7 Å². The van der Waals surface area contributed by atoms with Crippen LogP contribution in [0.25, 0.3) is 0 Å². The maximum atomic E-state index is 12.7. The summed E-state index contributed by atoms with van der Waals surface area (Å²) >= 11 is 0. The van der Waals surface area contributed by atoms with Gasteiger partial charge in [-0.25, -0.2) is 0 Å². The molecule has 7 nitrogen and oxygen atoms in total. The zero-order chi connectivity index (χ0) is 19.0. The van der Waals surface area contributed by atoms with Gasteiger partial charge in [0.25, 0.3) is 5.91 Å². The normalized spacial score (nSPS) is 26.3.